The Labute approximate surface area is 123 Å². The SMILES string of the molecule is CCNC(c1cc(F)ccc1F)c1ccccc1OCC. The van der Waals surface area contributed by atoms with Gasteiger partial charge >= 0.3 is 0 Å². The van der Waals surface area contributed by atoms with Gasteiger partial charge in [0.15, 0.2) is 0 Å². The summed E-state index contributed by atoms with van der Waals surface area (Å²) in [5.74, 6) is -0.216. The molecule has 0 amide bonds. The molecule has 1 unspecified atom stereocenters. The van der Waals surface area contributed by atoms with E-state index in [4.69, 9.17) is 4.74 Å². The second-order valence-electron chi connectivity index (χ2n) is 4.63. The molecular weight excluding hydrogens is 272 g/mol. The summed E-state index contributed by atoms with van der Waals surface area (Å²) >= 11 is 0. The summed E-state index contributed by atoms with van der Waals surface area (Å²) in [7, 11) is 0. The molecule has 0 spiro atoms. The van der Waals surface area contributed by atoms with Gasteiger partial charge in [-0.1, -0.05) is 25.1 Å². The number of ether oxygens (including phenoxy) is 1. The standard InChI is InChI=1S/C17H19F2NO/c1-3-20-17(14-11-12(18)9-10-15(14)19)13-7-5-6-8-16(13)21-4-2/h5-11,17,20H,3-4H2,1-2H3. The zero-order valence-electron chi connectivity index (χ0n) is 12.2. The van der Waals surface area contributed by atoms with E-state index in [0.29, 0.717) is 18.9 Å². The van der Waals surface area contributed by atoms with Crippen LogP contribution < -0.4 is 10.1 Å². The highest BCUT2D eigenvalue weighted by atomic mass is 19.1. The summed E-state index contributed by atoms with van der Waals surface area (Å²) in [6.07, 6.45) is 0. The molecule has 0 aromatic heterocycles. The van der Waals surface area contributed by atoms with E-state index in [1.54, 1.807) is 0 Å². The van der Waals surface area contributed by atoms with Gasteiger partial charge in [-0.25, -0.2) is 8.78 Å². The van der Waals surface area contributed by atoms with Gasteiger partial charge in [-0.2, -0.15) is 0 Å². The van der Waals surface area contributed by atoms with Gasteiger partial charge in [0, 0.05) is 11.1 Å². The predicted octanol–water partition coefficient (Wildman–Crippen LogP) is 4.06. The zero-order valence-corrected chi connectivity index (χ0v) is 12.2. The van der Waals surface area contributed by atoms with Crippen molar-refractivity contribution in [1.29, 1.82) is 0 Å². The van der Waals surface area contributed by atoms with Crippen LogP contribution in [0.15, 0.2) is 42.5 Å². The molecule has 2 aromatic carbocycles. The fourth-order valence-corrected chi connectivity index (χ4v) is 2.33. The van der Waals surface area contributed by atoms with E-state index in [0.717, 1.165) is 17.7 Å². The number of halogens is 2. The molecule has 0 aliphatic rings. The number of rotatable bonds is 6. The summed E-state index contributed by atoms with van der Waals surface area (Å²) in [4.78, 5) is 0. The normalized spacial score (nSPS) is 12.2. The van der Waals surface area contributed by atoms with Gasteiger partial charge in [-0.3, -0.25) is 0 Å². The van der Waals surface area contributed by atoms with Gasteiger partial charge in [-0.05, 0) is 37.7 Å². The third kappa shape index (κ3) is 3.58. The summed E-state index contributed by atoms with van der Waals surface area (Å²) in [6, 6.07) is 10.5. The van der Waals surface area contributed by atoms with E-state index in [2.05, 4.69) is 5.32 Å². The van der Waals surface area contributed by atoms with E-state index in [1.165, 1.54) is 6.07 Å². The largest absolute Gasteiger partial charge is 0.494 e. The van der Waals surface area contributed by atoms with Crippen LogP contribution >= 0.6 is 0 Å². The highest BCUT2D eigenvalue weighted by Crippen LogP contribution is 2.31. The quantitative estimate of drug-likeness (QED) is 0.866. The molecule has 0 radical (unpaired) electrons. The molecule has 0 saturated carbocycles. The number of hydrogen-bond acceptors (Lipinski definition) is 2. The summed E-state index contributed by atoms with van der Waals surface area (Å²) in [5.41, 5.74) is 1.08. The van der Waals surface area contributed by atoms with Crippen LogP contribution in [0.3, 0.4) is 0 Å². The maximum atomic E-state index is 14.1. The summed E-state index contributed by atoms with van der Waals surface area (Å²) < 4.78 is 33.2. The molecule has 21 heavy (non-hydrogen) atoms. The predicted molar refractivity (Wildman–Crippen MR) is 79.5 cm³/mol. The summed E-state index contributed by atoms with van der Waals surface area (Å²) in [5, 5.41) is 3.20. The van der Waals surface area contributed by atoms with Gasteiger partial charge < -0.3 is 10.1 Å². The lowest BCUT2D eigenvalue weighted by Crippen LogP contribution is -2.23. The lowest BCUT2D eigenvalue weighted by Gasteiger charge is -2.22. The van der Waals surface area contributed by atoms with E-state index < -0.39 is 17.7 Å². The molecule has 0 fully saturated rings. The zero-order chi connectivity index (χ0) is 15.2. The molecule has 0 aliphatic carbocycles. The fraction of sp³-hybridized carbons (Fsp3) is 0.294. The van der Waals surface area contributed by atoms with Crippen molar-refractivity contribution in [2.75, 3.05) is 13.2 Å². The van der Waals surface area contributed by atoms with Gasteiger partial charge in [0.05, 0.1) is 12.6 Å². The Morgan fingerprint density at radius 3 is 2.52 bits per heavy atom. The Kier molecular flexibility index (Phi) is 5.28. The minimum absolute atomic E-state index is 0.281. The number of para-hydroxylation sites is 1. The van der Waals surface area contributed by atoms with Crippen molar-refractivity contribution >= 4 is 0 Å². The molecule has 1 atom stereocenters. The maximum absolute atomic E-state index is 14.1. The Hall–Kier alpha value is -1.94. The van der Waals surface area contributed by atoms with Crippen molar-refractivity contribution in [3.8, 4) is 5.75 Å². The fourth-order valence-electron chi connectivity index (χ4n) is 2.33. The van der Waals surface area contributed by atoms with Gasteiger partial charge in [0.1, 0.15) is 17.4 Å². The first-order valence-corrected chi connectivity index (χ1v) is 7.07. The molecular formula is C17H19F2NO. The van der Waals surface area contributed by atoms with E-state index in [1.807, 2.05) is 38.1 Å². The topological polar surface area (TPSA) is 21.3 Å². The average molecular weight is 291 g/mol. The van der Waals surface area contributed by atoms with Crippen molar-refractivity contribution in [3.05, 3.63) is 65.2 Å². The molecule has 2 rings (SSSR count). The van der Waals surface area contributed by atoms with Crippen LogP contribution in [0.1, 0.15) is 31.0 Å². The van der Waals surface area contributed by atoms with Crippen molar-refractivity contribution in [3.63, 3.8) is 0 Å². The van der Waals surface area contributed by atoms with Crippen molar-refractivity contribution in [1.82, 2.24) is 5.32 Å². The number of benzene rings is 2. The average Bonchev–Trinajstić information content (AvgIpc) is 2.49. The summed E-state index contributed by atoms with van der Waals surface area (Å²) in [6.45, 7) is 4.96. The second-order valence-corrected chi connectivity index (χ2v) is 4.63. The highest BCUT2D eigenvalue weighted by Gasteiger charge is 2.21. The first-order chi connectivity index (χ1) is 10.2. The van der Waals surface area contributed by atoms with Crippen molar-refractivity contribution in [2.45, 2.75) is 19.9 Å². The Bertz CT molecular complexity index is 601. The van der Waals surface area contributed by atoms with Crippen LogP contribution in [0.4, 0.5) is 8.78 Å². The second kappa shape index (κ2) is 7.18. The molecule has 1 N–H and O–H groups in total. The molecule has 2 aromatic rings. The van der Waals surface area contributed by atoms with Gasteiger partial charge in [-0.15, -0.1) is 0 Å². The minimum atomic E-state index is -0.455. The minimum Gasteiger partial charge on any atom is -0.494 e. The van der Waals surface area contributed by atoms with Gasteiger partial charge in [0.25, 0.3) is 0 Å². The monoisotopic (exact) mass is 291 g/mol. The molecule has 2 nitrogen and oxygen atoms in total. The Balaban J connectivity index is 2.50. The molecule has 112 valence electrons. The van der Waals surface area contributed by atoms with Gasteiger partial charge in [0.2, 0.25) is 0 Å². The molecule has 4 heteroatoms. The van der Waals surface area contributed by atoms with Crippen LogP contribution in [0.5, 0.6) is 5.75 Å². The van der Waals surface area contributed by atoms with E-state index >= 15 is 0 Å². The smallest absolute Gasteiger partial charge is 0.128 e. The molecule has 0 aliphatic heterocycles. The highest BCUT2D eigenvalue weighted by molar-refractivity contribution is 5.42. The number of nitrogens with one attached hydrogen (secondary N) is 1. The van der Waals surface area contributed by atoms with E-state index in [-0.39, 0.29) is 5.56 Å². The maximum Gasteiger partial charge on any atom is 0.128 e. The van der Waals surface area contributed by atoms with Crippen molar-refractivity contribution < 1.29 is 13.5 Å². The lowest BCUT2D eigenvalue weighted by molar-refractivity contribution is 0.333. The molecule has 0 saturated heterocycles. The van der Waals surface area contributed by atoms with E-state index in [9.17, 15) is 8.78 Å². The Morgan fingerprint density at radius 2 is 1.81 bits per heavy atom. The van der Waals surface area contributed by atoms with Crippen LogP contribution in [-0.2, 0) is 0 Å². The first kappa shape index (κ1) is 15.4. The number of hydrogen-bond donors (Lipinski definition) is 1. The lowest BCUT2D eigenvalue weighted by atomic mass is 9.97. The molecule has 0 heterocycles. The third-order valence-electron chi connectivity index (χ3n) is 3.21. The van der Waals surface area contributed by atoms with Crippen LogP contribution in [0, 0.1) is 11.6 Å². The van der Waals surface area contributed by atoms with Crippen LogP contribution in [-0.4, -0.2) is 13.2 Å². The Morgan fingerprint density at radius 1 is 1.05 bits per heavy atom. The van der Waals surface area contributed by atoms with Crippen LogP contribution in [0.2, 0.25) is 0 Å². The van der Waals surface area contributed by atoms with Crippen molar-refractivity contribution in [2.24, 2.45) is 0 Å². The molecule has 0 bridgehead atoms. The third-order valence-corrected chi connectivity index (χ3v) is 3.21. The van der Waals surface area contributed by atoms with Crippen LogP contribution in [0.25, 0.3) is 0 Å². The first-order valence-electron chi connectivity index (χ1n) is 7.07.